The Morgan fingerprint density at radius 3 is 2.41 bits per heavy atom. The van der Waals surface area contributed by atoms with Crippen molar-refractivity contribution >= 4 is 17.5 Å². The lowest BCUT2D eigenvalue weighted by molar-refractivity contribution is -0.126. The number of fused-ring (bicyclic) bond motifs is 3. The molecule has 2 unspecified atom stereocenters. The van der Waals surface area contributed by atoms with E-state index in [0.717, 1.165) is 12.1 Å². The van der Waals surface area contributed by atoms with E-state index in [1.54, 1.807) is 0 Å². The number of phenols is 1. The Kier molecular flexibility index (Phi) is 4.82. The van der Waals surface area contributed by atoms with Gasteiger partial charge in [-0.05, 0) is 59.6 Å². The summed E-state index contributed by atoms with van der Waals surface area (Å²) in [6.07, 6.45) is 0.345. The normalized spacial score (nSPS) is 24.0. The van der Waals surface area contributed by atoms with Crippen molar-refractivity contribution in [3.05, 3.63) is 75.8 Å². The number of aromatic hydroxyl groups is 1. The Morgan fingerprint density at radius 1 is 1.00 bits per heavy atom. The number of phenolic OH excluding ortho intramolecular Hbond substituents is 1. The third kappa shape index (κ3) is 3.03. The summed E-state index contributed by atoms with van der Waals surface area (Å²) in [6.45, 7) is 0. The second kappa shape index (κ2) is 7.51. The first-order chi connectivity index (χ1) is 16.1. The van der Waals surface area contributed by atoms with Crippen LogP contribution in [0.15, 0.2) is 53.0 Å². The maximum atomic E-state index is 13.9. The third-order valence-corrected chi connectivity index (χ3v) is 7.00. The first-order valence-corrected chi connectivity index (χ1v) is 10.6. The number of Topliss-reactive ketones (excluding diaryl/α,β-unsaturated/α-hetero) is 2. The summed E-state index contributed by atoms with van der Waals surface area (Å²) in [5.41, 5.74) is 5.67. The molecule has 174 valence electrons. The molecule has 0 heterocycles. The van der Waals surface area contributed by atoms with Crippen LogP contribution in [0.5, 0.6) is 5.75 Å². The molecule has 0 aliphatic heterocycles. The molecule has 0 radical (unpaired) electrons. The van der Waals surface area contributed by atoms with Crippen LogP contribution < -0.4 is 5.73 Å². The molecule has 5 N–H and O–H groups in total. The molecule has 0 saturated heterocycles. The van der Waals surface area contributed by atoms with E-state index in [9.17, 15) is 38.5 Å². The molecule has 0 spiro atoms. The van der Waals surface area contributed by atoms with E-state index in [4.69, 9.17) is 5.73 Å². The Balaban J connectivity index is 1.65. The average Bonchev–Trinajstić information content (AvgIpc) is 2.75. The Morgan fingerprint density at radius 2 is 1.74 bits per heavy atom. The van der Waals surface area contributed by atoms with Crippen LogP contribution in [0, 0.1) is 29.4 Å². The zero-order chi connectivity index (χ0) is 24.5. The van der Waals surface area contributed by atoms with Gasteiger partial charge in [0.05, 0.1) is 11.5 Å². The molecule has 0 fully saturated rings. The van der Waals surface area contributed by atoms with E-state index in [-0.39, 0.29) is 36.1 Å². The van der Waals surface area contributed by atoms with Crippen molar-refractivity contribution < 1.29 is 38.5 Å². The van der Waals surface area contributed by atoms with Gasteiger partial charge in [0.1, 0.15) is 22.8 Å². The van der Waals surface area contributed by atoms with E-state index in [0.29, 0.717) is 16.7 Å². The van der Waals surface area contributed by atoms with Crippen molar-refractivity contribution in [2.75, 3.05) is 0 Å². The SMILES string of the molecule is NC(=O)C1=C(O)CC2C[C@@H]3Cc4c(-c5ccc(F)c(F)c5)ccc(O)c4C(=O)C3=C(O)C2C1=O. The monoisotopic (exact) mass is 467 g/mol. The minimum Gasteiger partial charge on any atom is -0.511 e. The van der Waals surface area contributed by atoms with Crippen LogP contribution in [0.2, 0.25) is 0 Å². The van der Waals surface area contributed by atoms with Crippen LogP contribution in [0.4, 0.5) is 8.78 Å². The fraction of sp³-hybridized carbons (Fsp3) is 0.240. The van der Waals surface area contributed by atoms with Gasteiger partial charge in [0.15, 0.2) is 23.2 Å². The molecule has 5 rings (SSSR count). The van der Waals surface area contributed by atoms with E-state index in [1.807, 2.05) is 0 Å². The molecule has 0 bridgehead atoms. The number of primary amides is 1. The number of hydrogen-bond acceptors (Lipinski definition) is 6. The molecule has 1 amide bonds. The first-order valence-electron chi connectivity index (χ1n) is 10.6. The average molecular weight is 467 g/mol. The van der Waals surface area contributed by atoms with Crippen LogP contribution >= 0.6 is 0 Å². The number of carbonyl (C=O) groups excluding carboxylic acids is 3. The van der Waals surface area contributed by atoms with Gasteiger partial charge < -0.3 is 21.1 Å². The van der Waals surface area contributed by atoms with Gasteiger partial charge in [0.2, 0.25) is 0 Å². The zero-order valence-corrected chi connectivity index (χ0v) is 17.6. The Hall–Kier alpha value is -4.01. The maximum Gasteiger partial charge on any atom is 0.255 e. The van der Waals surface area contributed by atoms with Crippen LogP contribution in [0.25, 0.3) is 11.1 Å². The van der Waals surface area contributed by atoms with Crippen molar-refractivity contribution in [3.8, 4) is 16.9 Å². The number of allylic oxidation sites excluding steroid dienone is 3. The van der Waals surface area contributed by atoms with Gasteiger partial charge in [-0.25, -0.2) is 8.78 Å². The minimum atomic E-state index is -1.20. The molecule has 3 aliphatic carbocycles. The fourth-order valence-corrected chi connectivity index (χ4v) is 5.57. The summed E-state index contributed by atoms with van der Waals surface area (Å²) in [4.78, 5) is 38.0. The van der Waals surface area contributed by atoms with E-state index >= 15 is 0 Å². The van der Waals surface area contributed by atoms with Gasteiger partial charge in [0.25, 0.3) is 5.91 Å². The lowest BCUT2D eigenvalue weighted by Crippen LogP contribution is -2.43. The number of rotatable bonds is 2. The number of carbonyl (C=O) groups is 3. The summed E-state index contributed by atoms with van der Waals surface area (Å²) in [7, 11) is 0. The smallest absolute Gasteiger partial charge is 0.255 e. The molecule has 34 heavy (non-hydrogen) atoms. The van der Waals surface area contributed by atoms with Crippen LogP contribution in [0.1, 0.15) is 28.8 Å². The molecule has 3 atom stereocenters. The number of halogens is 2. The van der Waals surface area contributed by atoms with Crippen molar-refractivity contribution in [1.82, 2.24) is 0 Å². The summed E-state index contributed by atoms with van der Waals surface area (Å²) in [6, 6.07) is 6.10. The van der Waals surface area contributed by atoms with Gasteiger partial charge in [0, 0.05) is 12.0 Å². The number of aliphatic hydroxyl groups excluding tert-OH is 2. The maximum absolute atomic E-state index is 13.9. The number of aliphatic hydroxyl groups is 2. The Bertz CT molecular complexity index is 1380. The van der Waals surface area contributed by atoms with E-state index in [2.05, 4.69) is 0 Å². The summed E-state index contributed by atoms with van der Waals surface area (Å²) in [5.74, 6) is -8.34. The molecule has 7 nitrogen and oxygen atoms in total. The quantitative estimate of drug-likeness (QED) is 0.500. The van der Waals surface area contributed by atoms with Gasteiger partial charge in [-0.2, -0.15) is 0 Å². The van der Waals surface area contributed by atoms with E-state index in [1.165, 1.54) is 18.2 Å². The predicted octanol–water partition coefficient (Wildman–Crippen LogP) is 3.41. The summed E-state index contributed by atoms with van der Waals surface area (Å²) in [5, 5.41) is 31.7. The first kappa shape index (κ1) is 21.8. The number of nitrogens with two attached hydrogens (primary N) is 1. The van der Waals surface area contributed by atoms with Gasteiger partial charge in [-0.3, -0.25) is 14.4 Å². The molecule has 0 aromatic heterocycles. The molecule has 3 aliphatic rings. The molecule has 2 aromatic carbocycles. The number of amides is 1. The van der Waals surface area contributed by atoms with Crippen LogP contribution in [0.3, 0.4) is 0 Å². The lowest BCUT2D eigenvalue weighted by atomic mass is 9.62. The highest BCUT2D eigenvalue weighted by molar-refractivity contribution is 6.22. The minimum absolute atomic E-state index is 0.0370. The molecular weight excluding hydrogens is 448 g/mol. The number of benzene rings is 2. The highest BCUT2D eigenvalue weighted by Gasteiger charge is 2.50. The number of ketones is 2. The number of hydrogen-bond donors (Lipinski definition) is 4. The van der Waals surface area contributed by atoms with Gasteiger partial charge in [-0.1, -0.05) is 12.1 Å². The lowest BCUT2D eigenvalue weighted by Gasteiger charge is -2.41. The molecular formula is C25H19F2NO6. The van der Waals surface area contributed by atoms with Crippen LogP contribution in [-0.4, -0.2) is 32.8 Å². The van der Waals surface area contributed by atoms with Crippen molar-refractivity contribution in [1.29, 1.82) is 0 Å². The van der Waals surface area contributed by atoms with Crippen LogP contribution in [-0.2, 0) is 16.0 Å². The molecule has 0 saturated carbocycles. The summed E-state index contributed by atoms with van der Waals surface area (Å²) >= 11 is 0. The highest BCUT2D eigenvalue weighted by atomic mass is 19.2. The summed E-state index contributed by atoms with van der Waals surface area (Å²) < 4.78 is 27.4. The second-order valence-corrected chi connectivity index (χ2v) is 8.87. The topological polar surface area (TPSA) is 138 Å². The standard InChI is InChI=1S/C25H19F2NO6/c26-14-3-1-9(7-15(14)27)12-2-4-16(29)20-13(12)6-10-5-11-8-17(30)21(25(28)34)24(33)19(11)22(31)18(10)23(20)32/h1-4,7,10-11,19,29-31H,5-6,8H2,(H2,28,34)/t10-,11?,19?/m1/s1. The van der Waals surface area contributed by atoms with Gasteiger partial charge in [-0.15, -0.1) is 0 Å². The van der Waals surface area contributed by atoms with Gasteiger partial charge >= 0.3 is 0 Å². The predicted molar refractivity (Wildman–Crippen MR) is 115 cm³/mol. The third-order valence-electron chi connectivity index (χ3n) is 7.00. The van der Waals surface area contributed by atoms with E-state index < -0.39 is 64.0 Å². The van der Waals surface area contributed by atoms with Crippen molar-refractivity contribution in [2.45, 2.75) is 19.3 Å². The fourth-order valence-electron chi connectivity index (χ4n) is 5.57. The largest absolute Gasteiger partial charge is 0.511 e. The van der Waals surface area contributed by atoms with Crippen molar-refractivity contribution in [2.24, 2.45) is 23.5 Å². The highest BCUT2D eigenvalue weighted by Crippen LogP contribution is 2.50. The molecule has 9 heteroatoms. The second-order valence-electron chi connectivity index (χ2n) is 8.87. The zero-order valence-electron chi connectivity index (χ0n) is 17.6. The Labute approximate surface area is 191 Å². The molecule has 2 aromatic rings. The van der Waals surface area contributed by atoms with Crippen molar-refractivity contribution in [3.63, 3.8) is 0 Å².